The van der Waals surface area contributed by atoms with Crippen LogP contribution in [0.2, 0.25) is 15.9 Å². The van der Waals surface area contributed by atoms with Gasteiger partial charge in [0.25, 0.3) is 5.91 Å². The summed E-state index contributed by atoms with van der Waals surface area (Å²) in [6, 6.07) is 3.64. The van der Waals surface area contributed by atoms with E-state index >= 15 is 0 Å². The van der Waals surface area contributed by atoms with Gasteiger partial charge in [0.1, 0.15) is 5.78 Å². The van der Waals surface area contributed by atoms with Gasteiger partial charge in [-0.1, -0.05) is 43.5 Å². The van der Waals surface area contributed by atoms with Crippen LogP contribution in [0.3, 0.4) is 0 Å². The third kappa shape index (κ3) is 5.03. The number of likely N-dealkylation sites (N-methyl/N-ethyl adjacent to an activating group) is 1. The number of hydrogen-bond acceptors (Lipinski definition) is 7. The Morgan fingerprint density at radius 2 is 1.97 bits per heavy atom. The molecule has 1 amide bonds. The molecule has 2 bridgehead atoms. The summed E-state index contributed by atoms with van der Waals surface area (Å²) in [5.74, 6) is -2.32. The number of rotatable bonds is 9. The number of ether oxygens (including phenoxy) is 1. The molecule has 180 valence electrons. The van der Waals surface area contributed by atoms with Gasteiger partial charge in [-0.3, -0.25) is 9.59 Å². The molecule has 2 aliphatic rings. The zero-order valence-corrected chi connectivity index (χ0v) is 20.4. The van der Waals surface area contributed by atoms with Gasteiger partial charge in [0, 0.05) is 12.1 Å². The highest BCUT2D eigenvalue weighted by atomic mass is 35.5. The SMILES string of the molecule is COC(=O)[C@@H]1O[B-]2([C@@H](CC(=O)CNC(=O)c3cc(Cl)ccc3Cl)CC(C)C)OC(=O)[C@H]1[NH+]2C. The number of quaternary nitrogens is 1. The van der Waals surface area contributed by atoms with E-state index in [0.717, 1.165) is 0 Å². The van der Waals surface area contributed by atoms with Crippen LogP contribution in [0.5, 0.6) is 0 Å². The number of Topliss-reactive ketones (excluding diaryl/α,β-unsaturated/α-hetero) is 1. The molecule has 1 aromatic rings. The number of esters is 1. The standard InChI is InChI=1S/C21H27BCl2N2O7/c1-11(2)7-12(22-26(3)17(20(29)33-22)18(32-22)21(30)31-4)8-14(27)10-25-19(28)15-9-13(23)5-6-16(15)24/h5-6,9,11-12,17-18,26H,7-8,10H2,1-4H3,(H,25,28)/t12-,17+,18-,22?/m1/s1. The average molecular weight is 501 g/mol. The van der Waals surface area contributed by atoms with E-state index in [0.29, 0.717) is 16.3 Å². The molecule has 2 saturated heterocycles. The fourth-order valence-corrected chi connectivity index (χ4v) is 5.16. The van der Waals surface area contributed by atoms with Crippen LogP contribution in [-0.4, -0.2) is 63.2 Å². The number of methoxy groups -OCH3 is 1. The van der Waals surface area contributed by atoms with E-state index in [1.807, 2.05) is 13.8 Å². The van der Waals surface area contributed by atoms with Crippen LogP contribution in [0.25, 0.3) is 0 Å². The first-order valence-electron chi connectivity index (χ1n) is 10.7. The molecule has 2 aliphatic heterocycles. The zero-order valence-electron chi connectivity index (χ0n) is 18.9. The highest BCUT2D eigenvalue weighted by Crippen LogP contribution is 2.38. The highest BCUT2D eigenvalue weighted by Gasteiger charge is 2.69. The maximum atomic E-state index is 12.9. The number of nitrogens with one attached hydrogen (secondary N) is 2. The third-order valence-electron chi connectivity index (χ3n) is 6.26. The summed E-state index contributed by atoms with van der Waals surface area (Å²) >= 11 is 12.0. The predicted molar refractivity (Wildman–Crippen MR) is 121 cm³/mol. The summed E-state index contributed by atoms with van der Waals surface area (Å²) in [5.41, 5.74) is 0.162. The van der Waals surface area contributed by atoms with Crippen LogP contribution < -0.4 is 10.1 Å². The van der Waals surface area contributed by atoms with Crippen molar-refractivity contribution in [1.29, 1.82) is 0 Å². The van der Waals surface area contributed by atoms with E-state index in [-0.39, 0.29) is 35.3 Å². The van der Waals surface area contributed by atoms with Crippen molar-refractivity contribution < 1.29 is 38.0 Å². The van der Waals surface area contributed by atoms with Gasteiger partial charge in [-0.2, -0.15) is 0 Å². The molecule has 2 N–H and O–H groups in total. The largest absolute Gasteiger partial charge is 0.610 e. The van der Waals surface area contributed by atoms with Gasteiger partial charge in [0.15, 0.2) is 12.1 Å². The van der Waals surface area contributed by atoms with Gasteiger partial charge >= 0.3 is 18.6 Å². The Morgan fingerprint density at radius 1 is 1.27 bits per heavy atom. The van der Waals surface area contributed by atoms with Crippen molar-refractivity contribution in [2.24, 2.45) is 5.92 Å². The summed E-state index contributed by atoms with van der Waals surface area (Å²) in [6.07, 6.45) is -0.566. The molecule has 2 heterocycles. The van der Waals surface area contributed by atoms with E-state index in [2.05, 4.69) is 5.32 Å². The second-order valence-electron chi connectivity index (χ2n) is 8.95. The fraction of sp³-hybridized carbons (Fsp3) is 0.524. The van der Waals surface area contributed by atoms with Crippen LogP contribution >= 0.6 is 23.2 Å². The number of amides is 1. The summed E-state index contributed by atoms with van der Waals surface area (Å²) in [6.45, 7) is 1.38. The molecule has 2 fully saturated rings. The smallest absolute Gasteiger partial charge is 0.530 e. The lowest BCUT2D eigenvalue weighted by molar-refractivity contribution is -0.785. The first-order valence-corrected chi connectivity index (χ1v) is 11.5. The Labute approximate surface area is 202 Å². The molecule has 0 aromatic heterocycles. The molecular weight excluding hydrogens is 474 g/mol. The number of carbonyl (C=O) groups excluding carboxylic acids is 4. The molecule has 0 radical (unpaired) electrons. The third-order valence-corrected chi connectivity index (χ3v) is 6.82. The predicted octanol–water partition coefficient (Wildman–Crippen LogP) is 1.05. The number of hydrogen-bond donors (Lipinski definition) is 2. The number of fused-ring (bicyclic) bond motifs is 2. The van der Waals surface area contributed by atoms with Crippen molar-refractivity contribution in [3.63, 3.8) is 0 Å². The van der Waals surface area contributed by atoms with Gasteiger partial charge in [-0.15, -0.1) is 0 Å². The van der Waals surface area contributed by atoms with Gasteiger partial charge in [-0.05, 0) is 36.4 Å². The molecule has 1 aromatic carbocycles. The van der Waals surface area contributed by atoms with Gasteiger partial charge in [0.2, 0.25) is 0 Å². The first-order chi connectivity index (χ1) is 15.5. The van der Waals surface area contributed by atoms with E-state index in [1.165, 1.54) is 19.2 Å². The number of halogens is 2. The lowest BCUT2D eigenvalue weighted by Crippen LogP contribution is -3.20. The molecule has 9 nitrogen and oxygen atoms in total. The monoisotopic (exact) mass is 500 g/mol. The minimum absolute atomic E-state index is 0.00697. The first kappa shape index (κ1) is 25.5. The Morgan fingerprint density at radius 3 is 2.61 bits per heavy atom. The van der Waals surface area contributed by atoms with Crippen LogP contribution in [0.15, 0.2) is 18.2 Å². The molecule has 3 rings (SSSR count). The normalized spacial score (nSPS) is 26.8. The Kier molecular flexibility index (Phi) is 7.73. The summed E-state index contributed by atoms with van der Waals surface area (Å²) in [7, 11) is 2.95. The number of carbonyl (C=O) groups is 4. The van der Waals surface area contributed by atoms with Crippen LogP contribution in [-0.2, 0) is 28.4 Å². The molecular formula is C21H27BCl2N2O7. The second kappa shape index (κ2) is 10.0. The summed E-state index contributed by atoms with van der Waals surface area (Å²) in [5, 5.41) is 3.12. The lowest BCUT2D eigenvalue weighted by Gasteiger charge is -2.39. The quantitative estimate of drug-likeness (QED) is 0.385. The van der Waals surface area contributed by atoms with Crippen molar-refractivity contribution in [3.8, 4) is 0 Å². The van der Waals surface area contributed by atoms with Crippen molar-refractivity contribution >= 4 is 53.5 Å². The van der Waals surface area contributed by atoms with Crippen LogP contribution in [0, 0.1) is 5.92 Å². The Balaban J connectivity index is 1.74. The maximum Gasteiger partial charge on any atom is 0.530 e. The van der Waals surface area contributed by atoms with E-state index in [1.54, 1.807) is 13.1 Å². The maximum absolute atomic E-state index is 12.9. The minimum Gasteiger partial charge on any atom is -0.610 e. The summed E-state index contributed by atoms with van der Waals surface area (Å²) < 4.78 is 16.5. The van der Waals surface area contributed by atoms with Crippen molar-refractivity contribution in [1.82, 2.24) is 5.32 Å². The van der Waals surface area contributed by atoms with E-state index < -0.39 is 42.5 Å². The van der Waals surface area contributed by atoms with Gasteiger partial charge < -0.3 is 24.2 Å². The Bertz CT molecular complexity index is 976. The van der Waals surface area contributed by atoms with Crippen LogP contribution in [0.1, 0.15) is 37.0 Å². The van der Waals surface area contributed by atoms with E-state index in [4.69, 9.17) is 37.2 Å². The van der Waals surface area contributed by atoms with Crippen molar-refractivity contribution in [2.75, 3.05) is 20.7 Å². The molecule has 5 atom stereocenters. The number of benzene rings is 1. The number of ketones is 1. The fourth-order valence-electron chi connectivity index (χ4n) is 4.79. The van der Waals surface area contributed by atoms with E-state index in [9.17, 15) is 19.2 Å². The summed E-state index contributed by atoms with van der Waals surface area (Å²) in [4.78, 5) is 50.6. The molecule has 0 spiro atoms. The minimum atomic E-state index is -2.32. The molecule has 0 saturated carbocycles. The Hall–Kier alpha value is -2.14. The van der Waals surface area contributed by atoms with Crippen molar-refractivity contribution in [3.05, 3.63) is 33.8 Å². The second-order valence-corrected chi connectivity index (χ2v) is 9.79. The highest BCUT2D eigenvalue weighted by molar-refractivity contribution is 6.65. The molecule has 12 heteroatoms. The van der Waals surface area contributed by atoms with Gasteiger partial charge in [-0.25, -0.2) is 9.59 Å². The lowest BCUT2D eigenvalue weighted by atomic mass is 9.53. The van der Waals surface area contributed by atoms with Gasteiger partial charge in [0.05, 0.1) is 24.2 Å². The van der Waals surface area contributed by atoms with Crippen molar-refractivity contribution in [2.45, 2.75) is 44.7 Å². The molecule has 2 unspecified atom stereocenters. The molecule has 0 aliphatic carbocycles. The zero-order chi connectivity index (χ0) is 24.5. The topological polar surface area (TPSA) is 112 Å². The van der Waals surface area contributed by atoms with Crippen LogP contribution in [0.4, 0.5) is 0 Å². The molecule has 33 heavy (non-hydrogen) atoms. The average Bonchev–Trinajstić information content (AvgIpc) is 3.19.